The van der Waals surface area contributed by atoms with Gasteiger partial charge < -0.3 is 5.32 Å². The van der Waals surface area contributed by atoms with Crippen molar-refractivity contribution in [2.24, 2.45) is 0 Å². The molecule has 0 radical (unpaired) electrons. The summed E-state index contributed by atoms with van der Waals surface area (Å²) in [5.41, 5.74) is 1.59. The molecule has 2 aromatic carbocycles. The van der Waals surface area contributed by atoms with Gasteiger partial charge in [0.2, 0.25) is 0 Å². The van der Waals surface area contributed by atoms with Crippen molar-refractivity contribution in [2.75, 3.05) is 7.05 Å². The van der Waals surface area contributed by atoms with Crippen LogP contribution in [0, 0.1) is 11.6 Å². The lowest BCUT2D eigenvalue weighted by atomic mass is 9.99. The summed E-state index contributed by atoms with van der Waals surface area (Å²) in [4.78, 5) is 0. The van der Waals surface area contributed by atoms with E-state index in [2.05, 4.69) is 5.32 Å². The largest absolute Gasteiger partial charge is 0.313 e. The van der Waals surface area contributed by atoms with Gasteiger partial charge in [-0.3, -0.25) is 0 Å². The molecule has 0 heterocycles. The smallest absolute Gasteiger partial charge is 0.131 e. The van der Waals surface area contributed by atoms with Crippen molar-refractivity contribution >= 4 is 11.6 Å². The molecule has 100 valence electrons. The highest BCUT2D eigenvalue weighted by atomic mass is 35.5. The van der Waals surface area contributed by atoms with Gasteiger partial charge in [-0.2, -0.15) is 0 Å². The van der Waals surface area contributed by atoms with Crippen LogP contribution in [0.5, 0.6) is 0 Å². The van der Waals surface area contributed by atoms with Crippen molar-refractivity contribution in [1.82, 2.24) is 5.32 Å². The maximum atomic E-state index is 13.9. The third-order valence-corrected chi connectivity index (χ3v) is 3.47. The van der Waals surface area contributed by atoms with E-state index in [0.717, 1.165) is 5.56 Å². The van der Waals surface area contributed by atoms with E-state index < -0.39 is 11.6 Å². The maximum Gasteiger partial charge on any atom is 0.131 e. The zero-order valence-electron chi connectivity index (χ0n) is 10.7. The standard InChI is InChI=1S/C15H14ClF2N/c1-9(19-2)10-3-6-15(18)13(7-10)12-8-11(17)4-5-14(12)16/h3-9,19H,1-2H3. The summed E-state index contributed by atoms with van der Waals surface area (Å²) in [7, 11) is 1.82. The fraction of sp³-hybridized carbons (Fsp3) is 0.200. The Kier molecular flexibility index (Phi) is 4.17. The molecule has 4 heteroatoms. The highest BCUT2D eigenvalue weighted by Crippen LogP contribution is 2.32. The SMILES string of the molecule is CNC(C)c1ccc(F)c(-c2cc(F)ccc2Cl)c1. The number of nitrogens with one attached hydrogen (secondary N) is 1. The summed E-state index contributed by atoms with van der Waals surface area (Å²) in [6.07, 6.45) is 0. The third kappa shape index (κ3) is 2.94. The van der Waals surface area contributed by atoms with Gasteiger partial charge in [0.15, 0.2) is 0 Å². The van der Waals surface area contributed by atoms with E-state index in [0.29, 0.717) is 16.1 Å². The maximum absolute atomic E-state index is 13.9. The van der Waals surface area contributed by atoms with E-state index in [9.17, 15) is 8.78 Å². The van der Waals surface area contributed by atoms with Crippen molar-refractivity contribution in [3.05, 3.63) is 58.6 Å². The Morgan fingerprint density at radius 1 is 1.05 bits per heavy atom. The average molecular weight is 282 g/mol. The molecular weight excluding hydrogens is 268 g/mol. The molecule has 2 aromatic rings. The molecule has 0 amide bonds. The lowest BCUT2D eigenvalue weighted by molar-refractivity contribution is 0.619. The number of halogens is 3. The Bertz CT molecular complexity index is 599. The summed E-state index contributed by atoms with van der Waals surface area (Å²) in [5, 5.41) is 3.40. The molecule has 0 saturated heterocycles. The highest BCUT2D eigenvalue weighted by molar-refractivity contribution is 6.33. The second-order valence-corrected chi connectivity index (χ2v) is 4.78. The van der Waals surface area contributed by atoms with Gasteiger partial charge in [-0.05, 0) is 49.9 Å². The molecule has 1 nitrogen and oxygen atoms in total. The molecule has 0 aliphatic rings. The molecule has 0 aliphatic heterocycles. The molecule has 1 N–H and O–H groups in total. The molecule has 0 saturated carbocycles. The molecule has 19 heavy (non-hydrogen) atoms. The van der Waals surface area contributed by atoms with Gasteiger partial charge in [0.05, 0.1) is 0 Å². The monoisotopic (exact) mass is 281 g/mol. The lowest BCUT2D eigenvalue weighted by Gasteiger charge is -2.13. The van der Waals surface area contributed by atoms with Crippen molar-refractivity contribution in [1.29, 1.82) is 0 Å². The van der Waals surface area contributed by atoms with Crippen LogP contribution in [0.2, 0.25) is 5.02 Å². The fourth-order valence-corrected chi connectivity index (χ4v) is 2.11. The number of rotatable bonds is 3. The number of hydrogen-bond donors (Lipinski definition) is 1. The van der Waals surface area contributed by atoms with Gasteiger partial charge in [0.25, 0.3) is 0 Å². The van der Waals surface area contributed by atoms with E-state index in [4.69, 9.17) is 11.6 Å². The molecule has 0 fully saturated rings. The zero-order chi connectivity index (χ0) is 14.0. The van der Waals surface area contributed by atoms with Crippen molar-refractivity contribution in [2.45, 2.75) is 13.0 Å². The van der Waals surface area contributed by atoms with Gasteiger partial charge in [0.1, 0.15) is 11.6 Å². The molecule has 1 atom stereocenters. The lowest BCUT2D eigenvalue weighted by Crippen LogP contribution is -2.12. The average Bonchev–Trinajstić information content (AvgIpc) is 2.41. The summed E-state index contributed by atoms with van der Waals surface area (Å²) in [5.74, 6) is -0.856. The van der Waals surface area contributed by atoms with Crippen LogP contribution in [0.3, 0.4) is 0 Å². The topological polar surface area (TPSA) is 12.0 Å². The van der Waals surface area contributed by atoms with Gasteiger partial charge in [-0.25, -0.2) is 8.78 Å². The summed E-state index contributed by atoms with van der Waals surface area (Å²) >= 11 is 6.02. The first kappa shape index (κ1) is 14.0. The van der Waals surface area contributed by atoms with Crippen molar-refractivity contribution in [3.63, 3.8) is 0 Å². The summed E-state index contributed by atoms with van der Waals surface area (Å²) in [6, 6.07) is 8.77. The normalized spacial score (nSPS) is 12.5. The fourth-order valence-electron chi connectivity index (χ4n) is 1.89. The zero-order valence-corrected chi connectivity index (χ0v) is 11.4. The number of hydrogen-bond acceptors (Lipinski definition) is 1. The molecule has 0 bridgehead atoms. The first-order valence-corrected chi connectivity index (χ1v) is 6.33. The van der Waals surface area contributed by atoms with Crippen LogP contribution in [0.4, 0.5) is 8.78 Å². The van der Waals surface area contributed by atoms with E-state index in [1.165, 1.54) is 24.3 Å². The minimum Gasteiger partial charge on any atom is -0.313 e. The quantitative estimate of drug-likeness (QED) is 0.869. The molecule has 0 spiro atoms. The number of benzene rings is 2. The first-order valence-electron chi connectivity index (χ1n) is 5.95. The molecule has 1 unspecified atom stereocenters. The van der Waals surface area contributed by atoms with Gasteiger partial charge in [-0.15, -0.1) is 0 Å². The van der Waals surface area contributed by atoms with Gasteiger partial charge >= 0.3 is 0 Å². The van der Waals surface area contributed by atoms with Crippen LogP contribution in [-0.2, 0) is 0 Å². The molecule has 0 aromatic heterocycles. The van der Waals surface area contributed by atoms with Crippen molar-refractivity contribution in [3.8, 4) is 11.1 Å². The first-order chi connectivity index (χ1) is 9.02. The van der Waals surface area contributed by atoms with E-state index in [-0.39, 0.29) is 6.04 Å². The van der Waals surface area contributed by atoms with Crippen LogP contribution in [-0.4, -0.2) is 7.05 Å². The Balaban J connectivity index is 2.57. The van der Waals surface area contributed by atoms with Crippen molar-refractivity contribution < 1.29 is 8.78 Å². The Morgan fingerprint density at radius 3 is 2.47 bits per heavy atom. The van der Waals surface area contributed by atoms with Crippen LogP contribution in [0.25, 0.3) is 11.1 Å². The minimum atomic E-state index is -0.439. The summed E-state index contributed by atoms with van der Waals surface area (Å²) < 4.78 is 27.2. The van der Waals surface area contributed by atoms with E-state index in [1.54, 1.807) is 12.1 Å². The van der Waals surface area contributed by atoms with E-state index in [1.807, 2.05) is 14.0 Å². The van der Waals surface area contributed by atoms with Gasteiger partial charge in [-0.1, -0.05) is 17.7 Å². The Hall–Kier alpha value is -1.45. The molecule has 0 aliphatic carbocycles. The molecule has 2 rings (SSSR count). The van der Waals surface area contributed by atoms with Crippen LogP contribution >= 0.6 is 11.6 Å². The Morgan fingerprint density at radius 2 is 1.79 bits per heavy atom. The molecular formula is C15H14ClF2N. The van der Waals surface area contributed by atoms with Crippen LogP contribution in [0.1, 0.15) is 18.5 Å². The predicted octanol–water partition coefficient (Wildman–Crippen LogP) is 4.57. The minimum absolute atomic E-state index is 0.0756. The second kappa shape index (κ2) is 5.68. The van der Waals surface area contributed by atoms with Gasteiger partial charge in [0, 0.05) is 22.2 Å². The predicted molar refractivity (Wildman–Crippen MR) is 74.3 cm³/mol. The third-order valence-electron chi connectivity index (χ3n) is 3.14. The second-order valence-electron chi connectivity index (χ2n) is 4.37. The highest BCUT2D eigenvalue weighted by Gasteiger charge is 2.13. The van der Waals surface area contributed by atoms with Crippen LogP contribution in [0.15, 0.2) is 36.4 Å². The summed E-state index contributed by atoms with van der Waals surface area (Å²) in [6.45, 7) is 1.96. The van der Waals surface area contributed by atoms with E-state index >= 15 is 0 Å². The Labute approximate surface area is 116 Å². The van der Waals surface area contributed by atoms with Crippen LogP contribution < -0.4 is 5.32 Å².